The number of hydrogen-bond acceptors (Lipinski definition) is 9. The molecule has 2 N–H and O–H groups in total. The molecule has 178 valence electrons. The summed E-state index contributed by atoms with van der Waals surface area (Å²) < 4.78 is 5.34. The molecule has 1 aliphatic heterocycles. The average Bonchev–Trinajstić information content (AvgIpc) is 3.06. The van der Waals surface area contributed by atoms with E-state index in [-0.39, 0.29) is 17.2 Å². The number of benzene rings is 2. The molecular formula is C22H21N3O7S2. The second-order valence-corrected chi connectivity index (χ2v) is 8.96. The Bertz CT molecular complexity index is 1140. The van der Waals surface area contributed by atoms with E-state index in [1.54, 1.807) is 30.3 Å². The largest absolute Gasteiger partial charge is 0.494 e. The minimum Gasteiger partial charge on any atom is -0.494 e. The number of nitrogens with zero attached hydrogens (tertiary/aromatic N) is 2. The van der Waals surface area contributed by atoms with Gasteiger partial charge in [-0.2, -0.15) is 0 Å². The van der Waals surface area contributed by atoms with Crippen LogP contribution in [0.15, 0.2) is 52.3 Å². The van der Waals surface area contributed by atoms with Crippen molar-refractivity contribution >= 4 is 58.0 Å². The summed E-state index contributed by atoms with van der Waals surface area (Å²) in [5, 5.41) is 22.3. The first kappa shape index (κ1) is 25.3. The van der Waals surface area contributed by atoms with Gasteiger partial charge in [-0.1, -0.05) is 6.07 Å². The summed E-state index contributed by atoms with van der Waals surface area (Å²) in [6.45, 7) is 1.78. The zero-order chi connectivity index (χ0) is 24.7. The van der Waals surface area contributed by atoms with Crippen LogP contribution in [0.25, 0.3) is 6.08 Å². The topological polar surface area (TPSA) is 139 Å². The van der Waals surface area contributed by atoms with Crippen LogP contribution >= 0.6 is 23.5 Å². The smallest absolute Gasteiger partial charge is 0.294 e. The monoisotopic (exact) mass is 503 g/mol. The molecule has 0 spiro atoms. The minimum absolute atomic E-state index is 0.0592. The van der Waals surface area contributed by atoms with E-state index >= 15 is 0 Å². The van der Waals surface area contributed by atoms with Crippen LogP contribution in [0.4, 0.5) is 16.2 Å². The lowest BCUT2D eigenvalue weighted by atomic mass is 10.2. The Morgan fingerprint density at radius 1 is 1.26 bits per heavy atom. The number of nitrogens with one attached hydrogen (secondary N) is 1. The van der Waals surface area contributed by atoms with Crippen LogP contribution < -0.4 is 10.1 Å². The van der Waals surface area contributed by atoms with E-state index in [0.29, 0.717) is 46.0 Å². The molecule has 0 saturated carbocycles. The van der Waals surface area contributed by atoms with Crippen molar-refractivity contribution in [3.05, 3.63) is 63.0 Å². The predicted molar refractivity (Wildman–Crippen MR) is 130 cm³/mol. The van der Waals surface area contributed by atoms with E-state index in [1.165, 1.54) is 18.2 Å². The van der Waals surface area contributed by atoms with Crippen molar-refractivity contribution in [2.45, 2.75) is 11.8 Å². The van der Waals surface area contributed by atoms with E-state index < -0.39 is 28.5 Å². The first-order valence-electron chi connectivity index (χ1n) is 10.1. The number of ether oxygens (including phenoxy) is 1. The summed E-state index contributed by atoms with van der Waals surface area (Å²) in [4.78, 5) is 49.5. The van der Waals surface area contributed by atoms with Gasteiger partial charge in [0.1, 0.15) is 12.3 Å². The fraction of sp³-hybridized carbons (Fsp3) is 0.227. The highest BCUT2D eigenvalue weighted by Gasteiger charge is 2.36. The summed E-state index contributed by atoms with van der Waals surface area (Å²) in [6, 6.07) is 11.1. The van der Waals surface area contributed by atoms with Crippen LogP contribution in [0.2, 0.25) is 0 Å². The number of rotatable bonds is 10. The van der Waals surface area contributed by atoms with Gasteiger partial charge in [-0.3, -0.25) is 29.4 Å². The van der Waals surface area contributed by atoms with Crippen molar-refractivity contribution in [1.29, 1.82) is 0 Å². The fourth-order valence-electron chi connectivity index (χ4n) is 2.98. The van der Waals surface area contributed by atoms with Gasteiger partial charge in [-0.25, -0.2) is 0 Å². The summed E-state index contributed by atoms with van der Waals surface area (Å²) in [6.07, 6.45) is 1.38. The summed E-state index contributed by atoms with van der Waals surface area (Å²) >= 11 is 1.80. The van der Waals surface area contributed by atoms with Gasteiger partial charge >= 0.3 is 0 Å². The van der Waals surface area contributed by atoms with Gasteiger partial charge < -0.3 is 15.2 Å². The average molecular weight is 504 g/mol. The van der Waals surface area contributed by atoms with Crippen LogP contribution in [0.1, 0.15) is 12.5 Å². The van der Waals surface area contributed by atoms with E-state index in [4.69, 9.17) is 9.84 Å². The number of anilines is 1. The van der Waals surface area contributed by atoms with Gasteiger partial charge in [0, 0.05) is 17.5 Å². The molecule has 1 aliphatic rings. The number of nitro groups is 1. The molecule has 0 bridgehead atoms. The maximum Gasteiger partial charge on any atom is 0.294 e. The molecule has 3 rings (SSSR count). The van der Waals surface area contributed by atoms with Crippen LogP contribution in [0.5, 0.6) is 5.75 Å². The van der Waals surface area contributed by atoms with Crippen LogP contribution in [-0.4, -0.2) is 57.5 Å². The van der Waals surface area contributed by atoms with E-state index in [2.05, 4.69) is 5.32 Å². The molecule has 0 atom stereocenters. The molecule has 0 radical (unpaired) electrons. The van der Waals surface area contributed by atoms with E-state index in [0.717, 1.165) is 16.7 Å². The summed E-state index contributed by atoms with van der Waals surface area (Å²) in [5.74, 6) is -0.249. The van der Waals surface area contributed by atoms with Gasteiger partial charge in [-0.05, 0) is 60.7 Å². The number of aliphatic hydroxyl groups is 1. The molecule has 2 aromatic rings. The van der Waals surface area contributed by atoms with E-state index in [9.17, 15) is 24.5 Å². The molecule has 1 fully saturated rings. The highest BCUT2D eigenvalue weighted by atomic mass is 32.2. The van der Waals surface area contributed by atoms with Crippen molar-refractivity contribution in [3.63, 3.8) is 0 Å². The number of hydrogen-bond donors (Lipinski definition) is 2. The number of carbonyl (C=O) groups is 3. The zero-order valence-corrected chi connectivity index (χ0v) is 19.7. The third-order valence-electron chi connectivity index (χ3n) is 4.45. The van der Waals surface area contributed by atoms with Gasteiger partial charge in [0.05, 0.1) is 27.9 Å². The Hall–Kier alpha value is -3.35. The van der Waals surface area contributed by atoms with Crippen LogP contribution in [0.3, 0.4) is 0 Å². The highest BCUT2D eigenvalue weighted by molar-refractivity contribution is 8.18. The molecular weight excluding hydrogens is 482 g/mol. The second-order valence-electron chi connectivity index (χ2n) is 6.83. The molecule has 10 nitrogen and oxygen atoms in total. The number of imide groups is 1. The number of amides is 3. The zero-order valence-electron chi connectivity index (χ0n) is 18.1. The highest BCUT2D eigenvalue weighted by Crippen LogP contribution is 2.35. The number of thioether (sulfide) groups is 2. The van der Waals surface area contributed by atoms with Gasteiger partial charge in [0.25, 0.3) is 16.8 Å². The quantitative estimate of drug-likeness (QED) is 0.215. The van der Waals surface area contributed by atoms with Gasteiger partial charge in [0.15, 0.2) is 0 Å². The lowest BCUT2D eigenvalue weighted by Crippen LogP contribution is -2.36. The Morgan fingerprint density at radius 2 is 2.00 bits per heavy atom. The minimum atomic E-state index is -0.654. The number of aliphatic hydroxyl groups excluding tert-OH is 1. The molecule has 1 saturated heterocycles. The third-order valence-corrected chi connectivity index (χ3v) is 6.40. The van der Waals surface area contributed by atoms with Gasteiger partial charge in [0.2, 0.25) is 5.91 Å². The summed E-state index contributed by atoms with van der Waals surface area (Å²) in [7, 11) is 0. The van der Waals surface area contributed by atoms with Crippen molar-refractivity contribution in [2.75, 3.05) is 30.8 Å². The summed E-state index contributed by atoms with van der Waals surface area (Å²) in [5.41, 5.74) is 0.688. The first-order chi connectivity index (χ1) is 16.3. The van der Waals surface area contributed by atoms with Crippen molar-refractivity contribution < 1.29 is 29.2 Å². The van der Waals surface area contributed by atoms with Crippen LogP contribution in [-0.2, 0) is 9.59 Å². The molecule has 0 unspecified atom stereocenters. The Balaban J connectivity index is 1.69. The Morgan fingerprint density at radius 3 is 2.65 bits per heavy atom. The van der Waals surface area contributed by atoms with Crippen LogP contribution in [0, 0.1) is 10.1 Å². The SMILES string of the molecule is CCOc1ccc(NC(=O)CN2C(=O)S/C(=C\c3ccc(SCCO)c([N+](=O)[O-])c3)C2=O)cc1. The normalized spacial score (nSPS) is 14.5. The molecule has 12 heteroatoms. The molecule has 2 aromatic carbocycles. The number of nitro benzene ring substituents is 1. The molecule has 0 aliphatic carbocycles. The maximum atomic E-state index is 12.7. The van der Waals surface area contributed by atoms with Crippen molar-refractivity contribution in [3.8, 4) is 5.75 Å². The lowest BCUT2D eigenvalue weighted by molar-refractivity contribution is -0.387. The second kappa shape index (κ2) is 11.7. The standard InChI is InChI=1S/C22H21N3O7S2/c1-2-32-16-6-4-15(5-7-16)23-20(27)13-24-21(28)19(34-22(24)29)12-14-3-8-18(33-10-9-26)17(11-14)25(30)31/h3-8,11-12,26H,2,9-10,13H2,1H3,(H,23,27)/b19-12-. The molecule has 3 amide bonds. The van der Waals surface area contributed by atoms with Crippen molar-refractivity contribution in [2.24, 2.45) is 0 Å². The molecule has 34 heavy (non-hydrogen) atoms. The first-order valence-corrected chi connectivity index (χ1v) is 11.9. The van der Waals surface area contributed by atoms with Crippen molar-refractivity contribution in [1.82, 2.24) is 4.90 Å². The number of carbonyl (C=O) groups excluding carboxylic acids is 3. The lowest BCUT2D eigenvalue weighted by Gasteiger charge is -2.12. The van der Waals surface area contributed by atoms with Gasteiger partial charge in [-0.15, -0.1) is 11.8 Å². The Labute approximate surface area is 203 Å². The molecule has 1 heterocycles. The fourth-order valence-corrected chi connectivity index (χ4v) is 4.57. The van der Waals surface area contributed by atoms with E-state index in [1.807, 2.05) is 6.92 Å². The third kappa shape index (κ3) is 6.37. The predicted octanol–water partition coefficient (Wildman–Crippen LogP) is 3.75. The molecule has 0 aromatic heterocycles. The Kier molecular flexibility index (Phi) is 8.68. The maximum absolute atomic E-state index is 12.7.